The fourth-order valence-corrected chi connectivity index (χ4v) is 4.61. The highest BCUT2D eigenvalue weighted by molar-refractivity contribution is 6.24. The monoisotopic (exact) mass is 367 g/mol. The smallest absolute Gasteiger partial charge is 0.343 e. The van der Waals surface area contributed by atoms with Gasteiger partial charge in [-0.25, -0.2) is 9.79 Å². The molecule has 6 nitrogen and oxygen atoms in total. The number of aliphatic imine (C=N–C) groups is 1. The molecule has 2 fully saturated rings. The molecule has 2 N–H and O–H groups in total. The molecule has 1 aliphatic heterocycles. The Morgan fingerprint density at radius 3 is 2.78 bits per heavy atom. The maximum atomic E-state index is 13.0. The Labute approximate surface area is 159 Å². The number of nitrogens with zero attached hydrogens (tertiary/aromatic N) is 1. The third-order valence-electron chi connectivity index (χ3n) is 5.87. The van der Waals surface area contributed by atoms with Gasteiger partial charge in [0.05, 0.1) is 18.0 Å². The minimum atomic E-state index is -0.484. The van der Waals surface area contributed by atoms with Gasteiger partial charge in [-0.3, -0.25) is 4.79 Å². The topological polar surface area (TPSA) is 79.8 Å². The molecule has 1 heterocycles. The van der Waals surface area contributed by atoms with Crippen molar-refractivity contribution in [2.75, 3.05) is 11.9 Å². The van der Waals surface area contributed by atoms with E-state index in [4.69, 9.17) is 4.74 Å². The summed E-state index contributed by atoms with van der Waals surface area (Å²) in [7, 11) is 0. The Morgan fingerprint density at radius 1 is 1.26 bits per heavy atom. The number of rotatable bonds is 3. The molecule has 2 saturated carbocycles. The molecule has 142 valence electrons. The van der Waals surface area contributed by atoms with Gasteiger partial charge in [-0.1, -0.05) is 18.6 Å². The van der Waals surface area contributed by atoms with Crippen LogP contribution >= 0.6 is 0 Å². The molecule has 3 atom stereocenters. The van der Waals surface area contributed by atoms with Crippen LogP contribution in [-0.4, -0.2) is 24.3 Å². The van der Waals surface area contributed by atoms with Gasteiger partial charge in [0.1, 0.15) is 11.4 Å². The molecule has 4 rings (SSSR count). The van der Waals surface area contributed by atoms with E-state index in [1.165, 1.54) is 6.42 Å². The van der Waals surface area contributed by atoms with Crippen molar-refractivity contribution in [1.29, 1.82) is 0 Å². The standard InChI is InChI=1S/C21H25N3O3/c1-3-27-21(26)18-12(2)22-16-6-4-5-7-17(16)23-19(18)24-20(25)15-11-13-8-9-14(15)10-13/h4-7,13-15,22H,3,8-11H2,1-2H3,(H,23,24,25). The Bertz CT molecular complexity index is 843. The Morgan fingerprint density at radius 2 is 2.07 bits per heavy atom. The summed E-state index contributed by atoms with van der Waals surface area (Å²) < 4.78 is 5.22. The van der Waals surface area contributed by atoms with Crippen molar-refractivity contribution in [3.8, 4) is 0 Å². The first-order chi connectivity index (χ1) is 13.1. The maximum Gasteiger partial charge on any atom is 0.343 e. The number of hydrogen-bond donors (Lipinski definition) is 2. The number of carbonyl (C=O) groups is 2. The molecule has 0 radical (unpaired) electrons. The molecular weight excluding hydrogens is 342 g/mol. The van der Waals surface area contributed by atoms with E-state index in [-0.39, 0.29) is 29.8 Å². The van der Waals surface area contributed by atoms with Gasteiger partial charge in [0, 0.05) is 11.6 Å². The highest BCUT2D eigenvalue weighted by Gasteiger charge is 2.43. The van der Waals surface area contributed by atoms with Crippen LogP contribution in [-0.2, 0) is 14.3 Å². The summed E-state index contributed by atoms with van der Waals surface area (Å²) in [5, 5.41) is 6.18. The van der Waals surface area contributed by atoms with E-state index in [0.29, 0.717) is 23.2 Å². The first-order valence-electron chi connectivity index (χ1n) is 9.70. The molecule has 1 aromatic rings. The molecule has 0 spiro atoms. The van der Waals surface area contributed by atoms with Gasteiger partial charge in [-0.2, -0.15) is 0 Å². The van der Waals surface area contributed by atoms with Crippen LogP contribution in [0, 0.1) is 17.8 Å². The lowest BCUT2D eigenvalue weighted by atomic mass is 9.88. The van der Waals surface area contributed by atoms with Crippen LogP contribution in [0.3, 0.4) is 0 Å². The highest BCUT2D eigenvalue weighted by Crippen LogP contribution is 2.48. The van der Waals surface area contributed by atoms with Gasteiger partial charge >= 0.3 is 5.97 Å². The Kier molecular flexibility index (Phi) is 4.72. The van der Waals surface area contributed by atoms with E-state index < -0.39 is 5.97 Å². The molecular formula is C21H25N3O3. The number of nitrogens with one attached hydrogen (secondary N) is 2. The predicted molar refractivity (Wildman–Crippen MR) is 104 cm³/mol. The number of allylic oxidation sites excluding steroid dienone is 1. The summed E-state index contributed by atoms with van der Waals surface area (Å²) in [4.78, 5) is 30.2. The third-order valence-corrected chi connectivity index (χ3v) is 5.87. The summed E-state index contributed by atoms with van der Waals surface area (Å²) in [5.74, 6) is 0.906. The number of ether oxygens (including phenoxy) is 1. The molecule has 2 bridgehead atoms. The average molecular weight is 367 g/mol. The molecule has 3 unspecified atom stereocenters. The molecule has 6 heteroatoms. The van der Waals surface area contributed by atoms with Crippen molar-refractivity contribution in [2.45, 2.75) is 39.5 Å². The minimum Gasteiger partial charge on any atom is -0.462 e. The quantitative estimate of drug-likeness (QED) is 0.801. The second-order valence-corrected chi connectivity index (χ2v) is 7.59. The summed E-state index contributed by atoms with van der Waals surface area (Å²) in [6, 6.07) is 7.53. The number of hydrogen-bond acceptors (Lipinski definition) is 5. The second kappa shape index (κ2) is 7.18. The van der Waals surface area contributed by atoms with Crippen LogP contribution in [0.2, 0.25) is 0 Å². The van der Waals surface area contributed by atoms with Gasteiger partial charge in [-0.05, 0) is 57.1 Å². The van der Waals surface area contributed by atoms with Crippen LogP contribution in [0.1, 0.15) is 39.5 Å². The van der Waals surface area contributed by atoms with Crippen molar-refractivity contribution in [3.63, 3.8) is 0 Å². The van der Waals surface area contributed by atoms with Crippen molar-refractivity contribution in [3.05, 3.63) is 35.5 Å². The summed E-state index contributed by atoms with van der Waals surface area (Å²) in [6.45, 7) is 3.82. The highest BCUT2D eigenvalue weighted by atomic mass is 16.5. The average Bonchev–Trinajstić information content (AvgIpc) is 3.23. The van der Waals surface area contributed by atoms with Gasteiger partial charge in [0.25, 0.3) is 0 Å². The zero-order valence-corrected chi connectivity index (χ0v) is 15.7. The zero-order valence-electron chi connectivity index (χ0n) is 15.7. The van der Waals surface area contributed by atoms with Gasteiger partial charge < -0.3 is 15.4 Å². The lowest BCUT2D eigenvalue weighted by Crippen LogP contribution is -2.40. The number of carbonyl (C=O) groups excluding carboxylic acids is 2. The fraction of sp³-hybridized carbons (Fsp3) is 0.476. The largest absolute Gasteiger partial charge is 0.462 e. The van der Waals surface area contributed by atoms with E-state index in [9.17, 15) is 9.59 Å². The number of amides is 1. The normalized spacial score (nSPS) is 26.0. The number of anilines is 1. The van der Waals surface area contributed by atoms with Crippen LogP contribution in [0.5, 0.6) is 0 Å². The second-order valence-electron chi connectivity index (χ2n) is 7.59. The summed E-state index contributed by atoms with van der Waals surface area (Å²) in [6.07, 6.45) is 4.45. The third kappa shape index (κ3) is 3.36. The fourth-order valence-electron chi connectivity index (χ4n) is 4.61. The van der Waals surface area contributed by atoms with Crippen molar-refractivity contribution >= 4 is 29.1 Å². The van der Waals surface area contributed by atoms with E-state index in [2.05, 4.69) is 15.6 Å². The van der Waals surface area contributed by atoms with Crippen LogP contribution in [0.4, 0.5) is 11.4 Å². The number of esters is 1. The van der Waals surface area contributed by atoms with Gasteiger partial charge in [0.2, 0.25) is 5.91 Å². The van der Waals surface area contributed by atoms with Crippen molar-refractivity contribution < 1.29 is 14.3 Å². The predicted octanol–water partition coefficient (Wildman–Crippen LogP) is 3.53. The Hall–Kier alpha value is -2.63. The summed E-state index contributed by atoms with van der Waals surface area (Å²) in [5.41, 5.74) is 2.37. The molecule has 1 amide bonds. The van der Waals surface area contributed by atoms with Crippen molar-refractivity contribution in [1.82, 2.24) is 5.32 Å². The number of benzene rings is 1. The zero-order chi connectivity index (χ0) is 19.0. The van der Waals surface area contributed by atoms with Crippen LogP contribution < -0.4 is 10.6 Å². The molecule has 3 aliphatic rings. The Balaban J connectivity index is 1.67. The maximum absolute atomic E-state index is 13.0. The number of para-hydroxylation sites is 2. The lowest BCUT2D eigenvalue weighted by Gasteiger charge is -2.21. The van der Waals surface area contributed by atoms with Gasteiger partial charge in [0.15, 0.2) is 0 Å². The molecule has 1 aromatic carbocycles. The van der Waals surface area contributed by atoms with Gasteiger partial charge in [-0.15, -0.1) is 0 Å². The molecule has 0 saturated heterocycles. The minimum absolute atomic E-state index is 0.0154. The van der Waals surface area contributed by atoms with E-state index in [1.807, 2.05) is 24.3 Å². The van der Waals surface area contributed by atoms with Crippen LogP contribution in [0.25, 0.3) is 0 Å². The first-order valence-corrected chi connectivity index (χ1v) is 9.70. The number of fused-ring (bicyclic) bond motifs is 3. The molecule has 27 heavy (non-hydrogen) atoms. The summed E-state index contributed by atoms with van der Waals surface area (Å²) >= 11 is 0. The molecule has 0 aromatic heterocycles. The van der Waals surface area contributed by atoms with Crippen molar-refractivity contribution in [2.24, 2.45) is 22.7 Å². The van der Waals surface area contributed by atoms with E-state index >= 15 is 0 Å². The van der Waals surface area contributed by atoms with E-state index in [0.717, 1.165) is 24.9 Å². The lowest BCUT2D eigenvalue weighted by molar-refractivity contribution is -0.137. The van der Waals surface area contributed by atoms with E-state index in [1.54, 1.807) is 13.8 Å². The first kappa shape index (κ1) is 17.8. The SMILES string of the molecule is CCOC(=O)C1=C(C)Nc2ccccc2N=C1NC(=O)C1CC2CCC1C2. The molecule has 2 aliphatic carbocycles. The number of amidine groups is 1. The van der Waals surface area contributed by atoms with Crippen LogP contribution in [0.15, 0.2) is 40.5 Å².